The summed E-state index contributed by atoms with van der Waals surface area (Å²) in [5.41, 5.74) is 0.200. The SMILES string of the molecule is C[C@@H]1C[C@@H](C)C[NH+](CC(=O)Nc2ccccc2[N+](=O)[O-])C1. The Morgan fingerprint density at radius 2 is 1.95 bits per heavy atom. The van der Waals surface area contributed by atoms with Gasteiger partial charge in [-0.25, -0.2) is 0 Å². The van der Waals surface area contributed by atoms with Crippen molar-refractivity contribution in [3.05, 3.63) is 34.4 Å². The number of piperidine rings is 1. The van der Waals surface area contributed by atoms with Crippen LogP contribution in [0.1, 0.15) is 20.3 Å². The summed E-state index contributed by atoms with van der Waals surface area (Å²) in [6, 6.07) is 6.23. The predicted molar refractivity (Wildman–Crippen MR) is 80.2 cm³/mol. The number of likely N-dealkylation sites (tertiary alicyclic amines) is 1. The van der Waals surface area contributed by atoms with Crippen molar-refractivity contribution < 1.29 is 14.6 Å². The third-order valence-corrected chi connectivity index (χ3v) is 3.86. The molecule has 2 N–H and O–H groups in total. The molecule has 1 aliphatic rings. The van der Waals surface area contributed by atoms with E-state index in [2.05, 4.69) is 19.2 Å². The number of nitro groups is 1. The van der Waals surface area contributed by atoms with E-state index in [0.29, 0.717) is 18.4 Å². The number of carbonyl (C=O) groups is 1. The molecule has 2 rings (SSSR count). The van der Waals surface area contributed by atoms with Gasteiger partial charge in [-0.2, -0.15) is 0 Å². The maximum atomic E-state index is 12.1. The van der Waals surface area contributed by atoms with Crippen molar-refractivity contribution in [1.82, 2.24) is 0 Å². The average molecular weight is 292 g/mol. The molecule has 0 aromatic heterocycles. The largest absolute Gasteiger partial charge is 0.327 e. The molecule has 0 unspecified atom stereocenters. The third-order valence-electron chi connectivity index (χ3n) is 3.86. The van der Waals surface area contributed by atoms with Gasteiger partial charge in [-0.05, 0) is 12.5 Å². The fraction of sp³-hybridized carbons (Fsp3) is 0.533. The van der Waals surface area contributed by atoms with Crippen molar-refractivity contribution in [2.24, 2.45) is 11.8 Å². The van der Waals surface area contributed by atoms with Crippen LogP contribution in [0.3, 0.4) is 0 Å². The molecule has 0 aliphatic carbocycles. The van der Waals surface area contributed by atoms with Gasteiger partial charge in [-0.3, -0.25) is 14.9 Å². The van der Waals surface area contributed by atoms with E-state index in [1.165, 1.54) is 17.4 Å². The summed E-state index contributed by atoms with van der Waals surface area (Å²) in [5, 5.41) is 13.6. The number of hydrogen-bond donors (Lipinski definition) is 2. The van der Waals surface area contributed by atoms with Gasteiger partial charge in [0.1, 0.15) is 5.69 Å². The van der Waals surface area contributed by atoms with Crippen LogP contribution in [0.5, 0.6) is 0 Å². The van der Waals surface area contributed by atoms with Crippen molar-refractivity contribution in [2.75, 3.05) is 25.0 Å². The number of benzene rings is 1. The second-order valence-corrected chi connectivity index (χ2v) is 6.10. The van der Waals surface area contributed by atoms with Gasteiger partial charge in [-0.15, -0.1) is 0 Å². The first-order valence-electron chi connectivity index (χ1n) is 7.32. The minimum Gasteiger partial charge on any atom is -0.327 e. The van der Waals surface area contributed by atoms with Gasteiger partial charge in [0.25, 0.3) is 11.6 Å². The van der Waals surface area contributed by atoms with Crippen LogP contribution >= 0.6 is 0 Å². The highest BCUT2D eigenvalue weighted by Crippen LogP contribution is 2.22. The molecule has 1 aromatic carbocycles. The zero-order valence-corrected chi connectivity index (χ0v) is 12.5. The standard InChI is InChI=1S/C15H21N3O3/c1-11-7-12(2)9-17(8-11)10-15(19)16-13-5-3-4-6-14(13)18(20)21/h3-6,11-12H,7-10H2,1-2H3,(H,16,19)/p+1/t11-,12-/m1/s1. The van der Waals surface area contributed by atoms with Gasteiger partial charge in [0.05, 0.1) is 18.0 Å². The first kappa shape index (κ1) is 15.4. The quantitative estimate of drug-likeness (QED) is 0.644. The molecule has 1 aromatic rings. The predicted octanol–water partition coefficient (Wildman–Crippen LogP) is 1.09. The Hall–Kier alpha value is -1.95. The summed E-state index contributed by atoms with van der Waals surface area (Å²) < 4.78 is 0. The van der Waals surface area contributed by atoms with Crippen molar-refractivity contribution in [2.45, 2.75) is 20.3 Å². The van der Waals surface area contributed by atoms with Gasteiger partial charge in [0.15, 0.2) is 6.54 Å². The summed E-state index contributed by atoms with van der Waals surface area (Å²) in [5.74, 6) is 1.06. The van der Waals surface area contributed by atoms with E-state index in [1.807, 2.05) is 0 Å². The first-order chi connectivity index (χ1) is 9.95. The number of nitro benzene ring substituents is 1. The number of amides is 1. The lowest BCUT2D eigenvalue weighted by Crippen LogP contribution is -3.15. The van der Waals surface area contributed by atoms with Gasteiger partial charge in [0, 0.05) is 17.9 Å². The number of anilines is 1. The molecule has 1 saturated heterocycles. The van der Waals surface area contributed by atoms with Crippen LogP contribution in [0.25, 0.3) is 0 Å². The Morgan fingerprint density at radius 3 is 2.57 bits per heavy atom. The highest BCUT2D eigenvalue weighted by Gasteiger charge is 2.27. The van der Waals surface area contributed by atoms with Crippen LogP contribution in [-0.4, -0.2) is 30.5 Å². The number of nitrogens with one attached hydrogen (secondary N) is 2. The van der Waals surface area contributed by atoms with Crippen molar-refractivity contribution in [1.29, 1.82) is 0 Å². The Balaban J connectivity index is 1.97. The highest BCUT2D eigenvalue weighted by molar-refractivity contribution is 5.93. The van der Waals surface area contributed by atoms with E-state index < -0.39 is 4.92 Å². The smallest absolute Gasteiger partial charge is 0.292 e. The van der Waals surface area contributed by atoms with Gasteiger partial charge in [-0.1, -0.05) is 26.0 Å². The highest BCUT2D eigenvalue weighted by atomic mass is 16.6. The number of para-hydroxylation sites is 2. The van der Waals surface area contributed by atoms with Crippen LogP contribution in [0.15, 0.2) is 24.3 Å². The van der Waals surface area contributed by atoms with E-state index in [9.17, 15) is 14.9 Å². The molecule has 0 bridgehead atoms. The molecule has 1 amide bonds. The maximum Gasteiger partial charge on any atom is 0.292 e. The number of carbonyl (C=O) groups excluding carboxylic acids is 1. The van der Waals surface area contributed by atoms with E-state index in [1.54, 1.807) is 18.2 Å². The topological polar surface area (TPSA) is 76.7 Å². The Morgan fingerprint density at radius 1 is 1.33 bits per heavy atom. The summed E-state index contributed by atoms with van der Waals surface area (Å²) in [4.78, 5) is 23.8. The summed E-state index contributed by atoms with van der Waals surface area (Å²) in [6.07, 6.45) is 1.20. The molecule has 6 heteroatoms. The Kier molecular flexibility index (Phi) is 4.90. The lowest BCUT2D eigenvalue weighted by Gasteiger charge is -2.31. The molecule has 2 atom stereocenters. The maximum absolute atomic E-state index is 12.1. The van der Waals surface area contributed by atoms with Crippen LogP contribution < -0.4 is 10.2 Å². The number of quaternary nitrogens is 1. The van der Waals surface area contributed by atoms with Crippen LogP contribution in [-0.2, 0) is 4.79 Å². The molecule has 0 saturated carbocycles. The average Bonchev–Trinajstić information content (AvgIpc) is 2.37. The molecule has 21 heavy (non-hydrogen) atoms. The normalized spacial score (nSPS) is 25.3. The minimum atomic E-state index is -0.479. The molecule has 6 nitrogen and oxygen atoms in total. The van der Waals surface area contributed by atoms with E-state index in [4.69, 9.17) is 0 Å². The molecule has 114 valence electrons. The number of nitrogens with zero attached hydrogens (tertiary/aromatic N) is 1. The molecular weight excluding hydrogens is 270 g/mol. The van der Waals surface area contributed by atoms with Crippen molar-refractivity contribution in [3.8, 4) is 0 Å². The number of rotatable bonds is 4. The Bertz CT molecular complexity index is 523. The minimum absolute atomic E-state index is 0.0683. The van der Waals surface area contributed by atoms with Crippen molar-refractivity contribution >= 4 is 17.3 Å². The summed E-state index contributed by atoms with van der Waals surface area (Å²) >= 11 is 0. The zero-order chi connectivity index (χ0) is 15.4. The summed E-state index contributed by atoms with van der Waals surface area (Å²) in [7, 11) is 0. The third kappa shape index (κ3) is 4.26. The van der Waals surface area contributed by atoms with Crippen LogP contribution in [0.4, 0.5) is 11.4 Å². The van der Waals surface area contributed by atoms with E-state index >= 15 is 0 Å². The van der Waals surface area contributed by atoms with Crippen LogP contribution in [0.2, 0.25) is 0 Å². The molecular formula is C15H22N3O3+. The number of hydrogen-bond acceptors (Lipinski definition) is 3. The Labute approximate surface area is 124 Å². The second kappa shape index (κ2) is 6.67. The van der Waals surface area contributed by atoms with Gasteiger partial charge >= 0.3 is 0 Å². The van der Waals surface area contributed by atoms with E-state index in [0.717, 1.165) is 13.1 Å². The van der Waals surface area contributed by atoms with Gasteiger partial charge < -0.3 is 10.2 Å². The first-order valence-corrected chi connectivity index (χ1v) is 7.32. The molecule has 1 fully saturated rings. The molecule has 0 radical (unpaired) electrons. The fourth-order valence-corrected chi connectivity index (χ4v) is 3.23. The zero-order valence-electron chi connectivity index (χ0n) is 12.5. The lowest BCUT2D eigenvalue weighted by molar-refractivity contribution is -0.904. The molecule has 1 heterocycles. The van der Waals surface area contributed by atoms with E-state index in [-0.39, 0.29) is 17.3 Å². The molecule has 1 aliphatic heterocycles. The molecule has 0 spiro atoms. The second-order valence-electron chi connectivity index (χ2n) is 6.10. The van der Waals surface area contributed by atoms with Crippen molar-refractivity contribution in [3.63, 3.8) is 0 Å². The lowest BCUT2D eigenvalue weighted by atomic mass is 9.92. The van der Waals surface area contributed by atoms with Crippen LogP contribution in [0, 0.1) is 22.0 Å². The van der Waals surface area contributed by atoms with Gasteiger partial charge in [0.2, 0.25) is 0 Å². The fourth-order valence-electron chi connectivity index (χ4n) is 3.23. The monoisotopic (exact) mass is 292 g/mol. The summed E-state index contributed by atoms with van der Waals surface area (Å²) in [6.45, 7) is 6.73.